The Kier molecular flexibility index (Phi) is 3.32. The lowest BCUT2D eigenvalue weighted by Crippen LogP contribution is -2.18. The molecule has 0 aliphatic rings. The van der Waals surface area contributed by atoms with Gasteiger partial charge < -0.3 is 0 Å². The van der Waals surface area contributed by atoms with Gasteiger partial charge in [-0.25, -0.2) is 4.68 Å². The SMILES string of the molecule is O=c1[nH][nH]c(=O)c2c(-c3ccccc3)n(-c3ccc(Cl)cc3)nc12. The maximum absolute atomic E-state index is 12.3. The molecular weight excluding hydrogens is 328 g/mol. The van der Waals surface area contributed by atoms with E-state index in [0.29, 0.717) is 16.4 Å². The van der Waals surface area contributed by atoms with Gasteiger partial charge in [-0.05, 0) is 24.3 Å². The summed E-state index contributed by atoms with van der Waals surface area (Å²) < 4.78 is 1.58. The molecule has 2 aromatic heterocycles. The molecule has 0 fully saturated rings. The summed E-state index contributed by atoms with van der Waals surface area (Å²) in [6, 6.07) is 16.4. The average molecular weight is 339 g/mol. The highest BCUT2D eigenvalue weighted by molar-refractivity contribution is 6.30. The summed E-state index contributed by atoms with van der Waals surface area (Å²) in [4.78, 5) is 24.4. The second-order valence-electron chi connectivity index (χ2n) is 5.23. The van der Waals surface area contributed by atoms with E-state index < -0.39 is 11.1 Å². The van der Waals surface area contributed by atoms with Gasteiger partial charge in [0.1, 0.15) is 5.39 Å². The number of hydrogen-bond acceptors (Lipinski definition) is 3. The van der Waals surface area contributed by atoms with Gasteiger partial charge in [0.25, 0.3) is 11.1 Å². The Hall–Kier alpha value is -3.12. The van der Waals surface area contributed by atoms with Crippen LogP contribution in [0.25, 0.3) is 27.8 Å². The van der Waals surface area contributed by atoms with E-state index in [4.69, 9.17) is 11.6 Å². The van der Waals surface area contributed by atoms with Crippen molar-refractivity contribution in [2.24, 2.45) is 0 Å². The molecule has 118 valence electrons. The van der Waals surface area contributed by atoms with Crippen molar-refractivity contribution >= 4 is 22.5 Å². The Morgan fingerprint density at radius 2 is 1.54 bits per heavy atom. The molecule has 0 radical (unpaired) electrons. The number of nitrogens with zero attached hydrogens (tertiary/aromatic N) is 2. The minimum absolute atomic E-state index is 0.0903. The normalized spacial score (nSPS) is 11.0. The largest absolute Gasteiger partial charge is 0.291 e. The third-order valence-corrected chi connectivity index (χ3v) is 3.99. The number of hydrogen-bond donors (Lipinski definition) is 2. The maximum Gasteiger partial charge on any atom is 0.291 e. The molecule has 0 aliphatic heterocycles. The molecule has 0 saturated carbocycles. The number of H-pyrrole nitrogens is 2. The van der Waals surface area contributed by atoms with Crippen LogP contribution in [0.1, 0.15) is 0 Å². The van der Waals surface area contributed by atoms with Crippen molar-refractivity contribution in [2.45, 2.75) is 0 Å². The van der Waals surface area contributed by atoms with E-state index in [1.807, 2.05) is 30.3 Å². The summed E-state index contributed by atoms with van der Waals surface area (Å²) >= 11 is 5.95. The third kappa shape index (κ3) is 2.24. The average Bonchev–Trinajstić information content (AvgIpc) is 3.01. The Balaban J connectivity index is 2.15. The van der Waals surface area contributed by atoms with Crippen LogP contribution < -0.4 is 11.1 Å². The molecule has 24 heavy (non-hydrogen) atoms. The van der Waals surface area contributed by atoms with E-state index in [1.54, 1.807) is 28.9 Å². The van der Waals surface area contributed by atoms with Crippen molar-refractivity contribution in [3.05, 3.63) is 80.3 Å². The number of aromatic nitrogens is 4. The van der Waals surface area contributed by atoms with E-state index in [-0.39, 0.29) is 10.9 Å². The monoisotopic (exact) mass is 338 g/mol. The highest BCUT2D eigenvalue weighted by atomic mass is 35.5. The minimum atomic E-state index is -0.450. The smallest absolute Gasteiger partial charge is 0.267 e. The molecule has 0 unspecified atom stereocenters. The molecule has 0 spiro atoms. The van der Waals surface area contributed by atoms with E-state index >= 15 is 0 Å². The predicted octanol–water partition coefficient (Wildman–Crippen LogP) is 2.72. The van der Waals surface area contributed by atoms with Crippen molar-refractivity contribution < 1.29 is 0 Å². The first kappa shape index (κ1) is 14.5. The van der Waals surface area contributed by atoms with Gasteiger partial charge in [-0.3, -0.25) is 19.8 Å². The molecule has 0 bridgehead atoms. The second-order valence-corrected chi connectivity index (χ2v) is 5.67. The molecule has 2 N–H and O–H groups in total. The molecule has 2 aromatic carbocycles. The van der Waals surface area contributed by atoms with Crippen LogP contribution in [0.3, 0.4) is 0 Å². The van der Waals surface area contributed by atoms with Crippen molar-refractivity contribution in [1.82, 2.24) is 20.0 Å². The van der Waals surface area contributed by atoms with Crippen LogP contribution >= 0.6 is 11.6 Å². The molecule has 7 heteroatoms. The zero-order chi connectivity index (χ0) is 16.7. The Bertz CT molecular complexity index is 1140. The quantitative estimate of drug-likeness (QED) is 0.589. The number of halogens is 1. The highest BCUT2D eigenvalue weighted by Gasteiger charge is 2.19. The van der Waals surface area contributed by atoms with Gasteiger partial charge in [0, 0.05) is 10.6 Å². The number of aromatic amines is 2. The van der Waals surface area contributed by atoms with Gasteiger partial charge in [-0.15, -0.1) is 0 Å². The molecular formula is C17H11ClN4O2. The molecule has 4 aromatic rings. The highest BCUT2D eigenvalue weighted by Crippen LogP contribution is 2.28. The summed E-state index contributed by atoms with van der Waals surface area (Å²) in [5.41, 5.74) is 1.28. The van der Waals surface area contributed by atoms with Crippen LogP contribution in [0.4, 0.5) is 0 Å². The molecule has 0 amide bonds. The fraction of sp³-hybridized carbons (Fsp3) is 0. The lowest BCUT2D eigenvalue weighted by molar-refractivity contribution is 0.897. The number of nitrogens with one attached hydrogen (secondary N) is 2. The van der Waals surface area contributed by atoms with E-state index in [2.05, 4.69) is 15.3 Å². The number of benzene rings is 2. The van der Waals surface area contributed by atoms with Crippen LogP contribution in [0.2, 0.25) is 5.02 Å². The number of fused-ring (bicyclic) bond motifs is 1. The minimum Gasteiger partial charge on any atom is -0.267 e. The van der Waals surface area contributed by atoms with Crippen molar-refractivity contribution in [3.8, 4) is 16.9 Å². The van der Waals surface area contributed by atoms with Crippen molar-refractivity contribution in [3.63, 3.8) is 0 Å². The first-order chi connectivity index (χ1) is 11.6. The zero-order valence-electron chi connectivity index (χ0n) is 12.3. The molecule has 4 rings (SSSR count). The number of rotatable bonds is 2. The van der Waals surface area contributed by atoms with Crippen LogP contribution in [0.15, 0.2) is 64.2 Å². The van der Waals surface area contributed by atoms with Gasteiger partial charge in [0.05, 0.1) is 11.4 Å². The third-order valence-electron chi connectivity index (χ3n) is 3.74. The summed E-state index contributed by atoms with van der Waals surface area (Å²) in [5.74, 6) is 0. The van der Waals surface area contributed by atoms with Gasteiger partial charge in [0.2, 0.25) is 0 Å². The Morgan fingerprint density at radius 3 is 2.25 bits per heavy atom. The van der Waals surface area contributed by atoms with Crippen LogP contribution in [0.5, 0.6) is 0 Å². The van der Waals surface area contributed by atoms with E-state index in [9.17, 15) is 9.59 Å². The summed E-state index contributed by atoms with van der Waals surface area (Å²) in [5, 5.41) is 9.86. The van der Waals surface area contributed by atoms with Crippen LogP contribution in [-0.4, -0.2) is 20.0 Å². The topological polar surface area (TPSA) is 83.5 Å². The van der Waals surface area contributed by atoms with Gasteiger partial charge >= 0.3 is 0 Å². The molecule has 2 heterocycles. The molecule has 0 atom stereocenters. The summed E-state index contributed by atoms with van der Waals surface area (Å²) in [6.45, 7) is 0. The van der Waals surface area contributed by atoms with Crippen molar-refractivity contribution in [1.29, 1.82) is 0 Å². The second kappa shape index (κ2) is 5.50. The van der Waals surface area contributed by atoms with E-state index in [1.165, 1.54) is 0 Å². The first-order valence-corrected chi connectivity index (χ1v) is 7.58. The zero-order valence-corrected chi connectivity index (χ0v) is 13.0. The Morgan fingerprint density at radius 1 is 0.875 bits per heavy atom. The van der Waals surface area contributed by atoms with Crippen LogP contribution in [-0.2, 0) is 0 Å². The predicted molar refractivity (Wildman–Crippen MR) is 92.8 cm³/mol. The Labute approximate surface area is 140 Å². The first-order valence-electron chi connectivity index (χ1n) is 7.20. The fourth-order valence-electron chi connectivity index (χ4n) is 2.66. The molecule has 6 nitrogen and oxygen atoms in total. The molecule has 0 saturated heterocycles. The van der Waals surface area contributed by atoms with Gasteiger partial charge in [-0.2, -0.15) is 5.10 Å². The summed E-state index contributed by atoms with van der Waals surface area (Å²) in [7, 11) is 0. The van der Waals surface area contributed by atoms with Gasteiger partial charge in [0.15, 0.2) is 5.52 Å². The molecule has 0 aliphatic carbocycles. The lowest BCUT2D eigenvalue weighted by Gasteiger charge is -2.08. The van der Waals surface area contributed by atoms with E-state index in [0.717, 1.165) is 5.56 Å². The van der Waals surface area contributed by atoms with Crippen LogP contribution in [0, 0.1) is 0 Å². The standard InChI is InChI=1S/C17H11ClN4O2/c18-11-6-8-12(9-7-11)22-15(10-4-2-1-3-5-10)13-14(21-22)17(24)20-19-16(13)23/h1-9H,(H,19,23)(H,20,24). The fourth-order valence-corrected chi connectivity index (χ4v) is 2.79. The van der Waals surface area contributed by atoms with Gasteiger partial charge in [-0.1, -0.05) is 41.9 Å². The summed E-state index contributed by atoms with van der Waals surface area (Å²) in [6.07, 6.45) is 0. The lowest BCUT2D eigenvalue weighted by atomic mass is 10.1. The maximum atomic E-state index is 12.3. The van der Waals surface area contributed by atoms with Crippen molar-refractivity contribution in [2.75, 3.05) is 0 Å².